The molecule has 9 nitrogen and oxygen atoms in total. The van der Waals surface area contributed by atoms with Gasteiger partial charge in [-0.05, 0) is 31.2 Å². The van der Waals surface area contributed by atoms with Gasteiger partial charge in [0.25, 0.3) is 22.9 Å². The maximum Gasteiger partial charge on any atom is 0.425 e. The fourth-order valence-electron chi connectivity index (χ4n) is 3.46. The first-order valence-electron chi connectivity index (χ1n) is 9.14. The van der Waals surface area contributed by atoms with Crippen LogP contribution >= 0.6 is 0 Å². The molecule has 3 heterocycles. The van der Waals surface area contributed by atoms with Crippen LogP contribution in [0.15, 0.2) is 58.4 Å². The van der Waals surface area contributed by atoms with E-state index in [0.29, 0.717) is 0 Å². The summed E-state index contributed by atoms with van der Waals surface area (Å²) in [5.74, 6) is -3.70. The summed E-state index contributed by atoms with van der Waals surface area (Å²) < 4.78 is 43.8. The van der Waals surface area contributed by atoms with Crippen molar-refractivity contribution in [2.75, 3.05) is 5.32 Å². The van der Waals surface area contributed by atoms with Gasteiger partial charge in [-0.1, -0.05) is 17.7 Å². The van der Waals surface area contributed by atoms with Gasteiger partial charge in [0.2, 0.25) is 0 Å². The van der Waals surface area contributed by atoms with E-state index in [-0.39, 0.29) is 11.3 Å². The first kappa shape index (κ1) is 21.0. The molecular formula is C20H14F3N5O4. The minimum absolute atomic E-state index is 0.102. The van der Waals surface area contributed by atoms with Crippen LogP contribution in [-0.2, 0) is 10.3 Å². The monoisotopic (exact) mass is 445 g/mol. The largest absolute Gasteiger partial charge is 0.425 e. The lowest BCUT2D eigenvalue weighted by molar-refractivity contribution is -0.196. The highest BCUT2D eigenvalue weighted by molar-refractivity contribution is 6.09. The number of carbonyl (C=O) groups is 2. The number of nitrogens with zero attached hydrogens (tertiary/aromatic N) is 2. The van der Waals surface area contributed by atoms with Crippen molar-refractivity contribution >= 4 is 17.6 Å². The van der Waals surface area contributed by atoms with Crippen LogP contribution in [0.4, 0.5) is 19.0 Å². The average Bonchev–Trinajstić information content (AvgIpc) is 3.03. The summed E-state index contributed by atoms with van der Waals surface area (Å²) in [6.07, 6.45) is -3.12. The van der Waals surface area contributed by atoms with E-state index in [1.54, 1.807) is 24.4 Å². The van der Waals surface area contributed by atoms with Gasteiger partial charge in [0.1, 0.15) is 11.4 Å². The quantitative estimate of drug-likeness (QED) is 0.562. The molecule has 4 rings (SSSR count). The third-order valence-corrected chi connectivity index (χ3v) is 5.00. The van der Waals surface area contributed by atoms with Crippen LogP contribution in [-0.4, -0.2) is 32.5 Å². The van der Waals surface area contributed by atoms with Gasteiger partial charge in [0.15, 0.2) is 0 Å². The number of pyridine rings is 1. The number of alkyl halides is 3. The van der Waals surface area contributed by atoms with E-state index in [4.69, 9.17) is 0 Å². The normalized spacial score (nSPS) is 17.6. The summed E-state index contributed by atoms with van der Waals surface area (Å²) in [6.45, 7) is 1.76. The van der Waals surface area contributed by atoms with E-state index in [1.165, 1.54) is 30.5 Å². The highest BCUT2D eigenvalue weighted by atomic mass is 19.4. The number of aromatic amines is 1. The fourth-order valence-corrected chi connectivity index (χ4v) is 3.46. The molecule has 2 aromatic heterocycles. The number of rotatable bonds is 3. The number of fused-ring (bicyclic) bond motifs is 1. The molecule has 1 aromatic carbocycles. The number of halogens is 3. The number of H-pyrrole nitrogens is 1. The molecule has 1 unspecified atom stereocenters. The molecule has 3 N–H and O–H groups in total. The smallest absolute Gasteiger partial charge is 0.326 e. The molecule has 0 saturated carbocycles. The standard InChI is InChI=1S/C20H14F3N5O4/c1-10-4-6-12(7-5-10)28-14-13(16(30)26-18(28)32)19(17(31)25-14,20(21,22)23)27-15(29)11-3-2-8-24-9-11/h2-9H,1H3,(H,25,31)(H,27,29)(H,26,30,32). The van der Waals surface area contributed by atoms with E-state index in [2.05, 4.69) is 4.98 Å². The Morgan fingerprint density at radius 3 is 2.41 bits per heavy atom. The molecule has 2 amide bonds. The number of carbonyl (C=O) groups excluding carboxylic acids is 2. The van der Waals surface area contributed by atoms with E-state index in [0.717, 1.165) is 16.3 Å². The second kappa shape index (κ2) is 7.18. The molecule has 164 valence electrons. The zero-order valence-electron chi connectivity index (χ0n) is 16.3. The van der Waals surface area contributed by atoms with E-state index >= 15 is 0 Å². The summed E-state index contributed by atoms with van der Waals surface area (Å²) >= 11 is 0. The molecule has 1 atom stereocenters. The van der Waals surface area contributed by atoms with Crippen molar-refractivity contribution in [2.45, 2.75) is 18.6 Å². The van der Waals surface area contributed by atoms with Crippen LogP contribution in [0.2, 0.25) is 0 Å². The Morgan fingerprint density at radius 1 is 1.12 bits per heavy atom. The first-order chi connectivity index (χ1) is 15.1. The topological polar surface area (TPSA) is 126 Å². The molecule has 3 aromatic rings. The van der Waals surface area contributed by atoms with Gasteiger partial charge in [-0.2, -0.15) is 13.2 Å². The Hall–Kier alpha value is -4.22. The summed E-state index contributed by atoms with van der Waals surface area (Å²) in [5, 5.41) is 3.62. The summed E-state index contributed by atoms with van der Waals surface area (Å²) in [6, 6.07) is 8.57. The maximum atomic E-state index is 14.4. The second-order valence-electron chi connectivity index (χ2n) is 7.05. The van der Waals surface area contributed by atoms with E-state index in [9.17, 15) is 32.3 Å². The van der Waals surface area contributed by atoms with Crippen LogP contribution in [0, 0.1) is 6.92 Å². The van der Waals surface area contributed by atoms with E-state index in [1.807, 2.05) is 10.3 Å². The van der Waals surface area contributed by atoms with Gasteiger partial charge in [-0.15, -0.1) is 0 Å². The fraction of sp³-hybridized carbons (Fsp3) is 0.150. The van der Waals surface area contributed by atoms with Gasteiger partial charge >= 0.3 is 11.9 Å². The zero-order chi connectivity index (χ0) is 23.3. The zero-order valence-corrected chi connectivity index (χ0v) is 16.3. The number of aryl methyl sites for hydroxylation is 1. The molecule has 1 aliphatic rings. The lowest BCUT2D eigenvalue weighted by Gasteiger charge is -2.30. The van der Waals surface area contributed by atoms with Crippen molar-refractivity contribution in [3.05, 3.63) is 86.3 Å². The van der Waals surface area contributed by atoms with Crippen molar-refractivity contribution in [2.24, 2.45) is 0 Å². The predicted octanol–water partition coefficient (Wildman–Crippen LogP) is 1.37. The van der Waals surface area contributed by atoms with Gasteiger partial charge in [-0.25, -0.2) is 9.36 Å². The lowest BCUT2D eigenvalue weighted by Crippen LogP contribution is -2.62. The molecule has 1 aliphatic heterocycles. The molecule has 0 aliphatic carbocycles. The van der Waals surface area contributed by atoms with Gasteiger partial charge in [0, 0.05) is 12.4 Å². The number of hydrogen-bond acceptors (Lipinski definition) is 5. The second-order valence-corrected chi connectivity index (χ2v) is 7.05. The SMILES string of the molecule is Cc1ccc(-n2c3c(c(=O)[nH]c2=O)C(NC(=O)c2cccnc2)(C(F)(F)F)C(=O)N3)cc1. The molecule has 12 heteroatoms. The van der Waals surface area contributed by atoms with Crippen molar-refractivity contribution in [1.29, 1.82) is 0 Å². The Balaban J connectivity index is 1.98. The van der Waals surface area contributed by atoms with Crippen LogP contribution in [0.1, 0.15) is 21.5 Å². The highest BCUT2D eigenvalue weighted by Crippen LogP contribution is 2.45. The third-order valence-electron chi connectivity index (χ3n) is 5.00. The van der Waals surface area contributed by atoms with Gasteiger partial charge in [-0.3, -0.25) is 24.4 Å². The average molecular weight is 445 g/mol. The number of benzene rings is 1. The minimum atomic E-state index is -5.43. The number of anilines is 1. The summed E-state index contributed by atoms with van der Waals surface area (Å²) in [5.41, 5.74) is -6.76. The Morgan fingerprint density at radius 2 is 1.81 bits per heavy atom. The Bertz CT molecular complexity index is 1350. The summed E-state index contributed by atoms with van der Waals surface area (Å²) in [7, 11) is 0. The third kappa shape index (κ3) is 3.07. The molecule has 0 spiro atoms. The van der Waals surface area contributed by atoms with Gasteiger partial charge in [0.05, 0.1) is 11.3 Å². The molecule has 0 bridgehead atoms. The minimum Gasteiger partial charge on any atom is -0.326 e. The molecule has 32 heavy (non-hydrogen) atoms. The number of aromatic nitrogens is 3. The van der Waals surface area contributed by atoms with Crippen molar-refractivity contribution in [3.8, 4) is 5.69 Å². The van der Waals surface area contributed by atoms with Crippen LogP contribution in [0.3, 0.4) is 0 Å². The first-order valence-corrected chi connectivity index (χ1v) is 9.14. The molecular weight excluding hydrogens is 431 g/mol. The highest BCUT2D eigenvalue weighted by Gasteiger charge is 2.68. The number of hydrogen-bond donors (Lipinski definition) is 3. The maximum absolute atomic E-state index is 14.4. The van der Waals surface area contributed by atoms with Crippen molar-refractivity contribution in [1.82, 2.24) is 19.9 Å². The Labute approximate surface area is 176 Å². The van der Waals surface area contributed by atoms with Crippen LogP contribution < -0.4 is 21.9 Å². The van der Waals surface area contributed by atoms with E-state index < -0.39 is 46.2 Å². The Kier molecular flexibility index (Phi) is 4.72. The lowest BCUT2D eigenvalue weighted by atomic mass is 9.91. The van der Waals surface area contributed by atoms with Crippen LogP contribution in [0.25, 0.3) is 5.69 Å². The van der Waals surface area contributed by atoms with Crippen molar-refractivity contribution in [3.63, 3.8) is 0 Å². The number of amides is 2. The van der Waals surface area contributed by atoms with Crippen LogP contribution in [0.5, 0.6) is 0 Å². The molecule has 0 radical (unpaired) electrons. The number of nitrogens with one attached hydrogen (secondary N) is 3. The van der Waals surface area contributed by atoms with Gasteiger partial charge < -0.3 is 10.6 Å². The van der Waals surface area contributed by atoms with Crippen molar-refractivity contribution < 1.29 is 22.8 Å². The molecule has 0 saturated heterocycles. The summed E-state index contributed by atoms with van der Waals surface area (Å²) in [4.78, 5) is 55.8. The predicted molar refractivity (Wildman–Crippen MR) is 105 cm³/mol. The molecule has 0 fully saturated rings.